The first-order valence-electron chi connectivity index (χ1n) is 7.48. The van der Waals surface area contributed by atoms with E-state index in [4.69, 9.17) is 5.26 Å². The summed E-state index contributed by atoms with van der Waals surface area (Å²) in [5.41, 5.74) is 2.18. The van der Waals surface area contributed by atoms with Crippen LogP contribution in [0.5, 0.6) is 0 Å². The predicted molar refractivity (Wildman–Crippen MR) is 79.9 cm³/mol. The van der Waals surface area contributed by atoms with Crippen LogP contribution in [0.4, 0.5) is 0 Å². The Morgan fingerprint density at radius 3 is 2.37 bits per heavy atom. The van der Waals surface area contributed by atoms with Crippen molar-refractivity contribution in [3.8, 4) is 6.07 Å². The molecule has 0 atom stereocenters. The molecule has 1 heteroatoms. The second kappa shape index (κ2) is 7.14. The molecule has 100 valence electrons. The molecule has 1 saturated carbocycles. The van der Waals surface area contributed by atoms with Crippen molar-refractivity contribution in [1.82, 2.24) is 0 Å². The zero-order chi connectivity index (χ0) is 13.5. The minimum Gasteiger partial charge on any atom is -0.192 e. The molecule has 0 radical (unpaired) electrons. The van der Waals surface area contributed by atoms with Gasteiger partial charge in [0.2, 0.25) is 0 Å². The summed E-state index contributed by atoms with van der Waals surface area (Å²) in [6.45, 7) is 2.19. The summed E-state index contributed by atoms with van der Waals surface area (Å²) in [6, 6.07) is 10.4. The highest BCUT2D eigenvalue weighted by Gasteiger charge is 2.21. The van der Waals surface area contributed by atoms with E-state index in [1.165, 1.54) is 37.7 Å². The lowest BCUT2D eigenvalue weighted by Gasteiger charge is -2.28. The molecule has 0 N–H and O–H groups in total. The second-order valence-electron chi connectivity index (χ2n) is 5.57. The maximum atomic E-state index is 8.82. The third-order valence-corrected chi connectivity index (χ3v) is 4.23. The van der Waals surface area contributed by atoms with Crippen LogP contribution in [0.1, 0.15) is 62.5 Å². The Morgan fingerprint density at radius 1 is 1.11 bits per heavy atom. The van der Waals surface area contributed by atoms with Gasteiger partial charge in [0.15, 0.2) is 0 Å². The lowest BCUT2D eigenvalue weighted by molar-refractivity contribution is 0.328. The normalized spacial score (nSPS) is 23.4. The van der Waals surface area contributed by atoms with E-state index in [-0.39, 0.29) is 0 Å². The van der Waals surface area contributed by atoms with Crippen LogP contribution < -0.4 is 0 Å². The molecule has 0 heterocycles. The molecule has 0 spiro atoms. The Hall–Kier alpha value is -1.55. The van der Waals surface area contributed by atoms with Crippen molar-refractivity contribution in [3.63, 3.8) is 0 Å². The van der Waals surface area contributed by atoms with Gasteiger partial charge in [-0.15, -0.1) is 0 Å². The van der Waals surface area contributed by atoms with E-state index in [9.17, 15) is 0 Å². The van der Waals surface area contributed by atoms with Gasteiger partial charge in [-0.1, -0.05) is 31.2 Å². The predicted octanol–water partition coefficient (Wildman–Crippen LogP) is 5.19. The molecule has 1 aromatic carbocycles. The molecule has 0 bridgehead atoms. The number of nitriles is 1. The van der Waals surface area contributed by atoms with E-state index in [1.54, 1.807) is 0 Å². The Balaban J connectivity index is 1.85. The topological polar surface area (TPSA) is 23.8 Å². The van der Waals surface area contributed by atoms with Gasteiger partial charge in [0.25, 0.3) is 0 Å². The third kappa shape index (κ3) is 3.96. The lowest BCUT2D eigenvalue weighted by atomic mass is 9.77. The van der Waals surface area contributed by atoms with Gasteiger partial charge in [-0.25, -0.2) is 0 Å². The second-order valence-corrected chi connectivity index (χ2v) is 5.57. The van der Waals surface area contributed by atoms with Crippen molar-refractivity contribution in [2.45, 2.75) is 51.4 Å². The number of benzene rings is 1. The summed E-state index contributed by atoms with van der Waals surface area (Å²) in [5, 5.41) is 8.82. The average molecular weight is 253 g/mol. The van der Waals surface area contributed by atoms with E-state index < -0.39 is 0 Å². The number of hydrogen-bond acceptors (Lipinski definition) is 1. The smallest absolute Gasteiger partial charge is 0.0991 e. The van der Waals surface area contributed by atoms with Crippen molar-refractivity contribution < 1.29 is 0 Å². The molecule has 0 aliphatic heterocycles. The molecule has 1 aliphatic carbocycles. The summed E-state index contributed by atoms with van der Waals surface area (Å²) in [5.74, 6) is 1.59. The zero-order valence-corrected chi connectivity index (χ0v) is 11.8. The molecule has 0 aromatic heterocycles. The molecule has 19 heavy (non-hydrogen) atoms. The highest BCUT2D eigenvalue weighted by atomic mass is 14.3. The standard InChI is InChI=1S/C18H23N/c1-2-3-4-5-15-6-10-17(11-7-15)18-12-8-16(14-19)9-13-18/h3-4,8-9,12-13,15,17H,2,5-7,10-11H2,1H3/b4-3+/t15-,17-. The first-order chi connectivity index (χ1) is 9.33. The van der Waals surface area contributed by atoms with Crippen molar-refractivity contribution in [1.29, 1.82) is 5.26 Å². The van der Waals surface area contributed by atoms with Gasteiger partial charge < -0.3 is 0 Å². The van der Waals surface area contributed by atoms with Gasteiger partial charge in [0, 0.05) is 0 Å². The molecule has 0 amide bonds. The lowest BCUT2D eigenvalue weighted by Crippen LogP contribution is -2.12. The Kier molecular flexibility index (Phi) is 5.21. The Bertz CT molecular complexity index is 442. The molecule has 1 aliphatic rings. The van der Waals surface area contributed by atoms with Gasteiger partial charge in [-0.05, 0) is 68.1 Å². The van der Waals surface area contributed by atoms with Crippen LogP contribution >= 0.6 is 0 Å². The molecule has 1 fully saturated rings. The largest absolute Gasteiger partial charge is 0.192 e. The number of hydrogen-bond donors (Lipinski definition) is 0. The summed E-state index contributed by atoms with van der Waals surface area (Å²) >= 11 is 0. The van der Waals surface area contributed by atoms with Crippen molar-refractivity contribution in [3.05, 3.63) is 47.5 Å². The Labute approximate surface area is 117 Å². The van der Waals surface area contributed by atoms with Crippen LogP contribution in [-0.2, 0) is 0 Å². The summed E-state index contributed by atoms with van der Waals surface area (Å²) in [7, 11) is 0. The van der Waals surface area contributed by atoms with E-state index in [0.29, 0.717) is 5.92 Å². The van der Waals surface area contributed by atoms with Crippen molar-refractivity contribution in [2.24, 2.45) is 5.92 Å². The average Bonchev–Trinajstić information content (AvgIpc) is 2.48. The summed E-state index contributed by atoms with van der Waals surface area (Å²) in [6.07, 6.45) is 12.3. The molecular formula is C18H23N. The highest BCUT2D eigenvalue weighted by molar-refractivity contribution is 5.33. The van der Waals surface area contributed by atoms with E-state index in [2.05, 4.69) is 37.3 Å². The fourth-order valence-corrected chi connectivity index (χ4v) is 3.02. The monoisotopic (exact) mass is 253 g/mol. The van der Waals surface area contributed by atoms with Gasteiger partial charge in [-0.3, -0.25) is 0 Å². The molecule has 1 aromatic rings. The van der Waals surface area contributed by atoms with Crippen molar-refractivity contribution in [2.75, 3.05) is 0 Å². The maximum absolute atomic E-state index is 8.82. The summed E-state index contributed by atoms with van der Waals surface area (Å²) < 4.78 is 0. The third-order valence-electron chi connectivity index (χ3n) is 4.23. The first-order valence-corrected chi connectivity index (χ1v) is 7.48. The van der Waals surface area contributed by atoms with Crippen LogP contribution in [0.25, 0.3) is 0 Å². The maximum Gasteiger partial charge on any atom is 0.0991 e. The van der Waals surface area contributed by atoms with E-state index in [1.807, 2.05) is 12.1 Å². The molecule has 0 unspecified atom stereocenters. The van der Waals surface area contributed by atoms with Gasteiger partial charge in [-0.2, -0.15) is 5.26 Å². The van der Waals surface area contributed by atoms with Gasteiger partial charge in [0.05, 0.1) is 11.6 Å². The number of rotatable bonds is 4. The van der Waals surface area contributed by atoms with Crippen LogP contribution in [0.15, 0.2) is 36.4 Å². The fourth-order valence-electron chi connectivity index (χ4n) is 3.02. The molecule has 2 rings (SSSR count). The van der Waals surface area contributed by atoms with Crippen LogP contribution in [-0.4, -0.2) is 0 Å². The Morgan fingerprint density at radius 2 is 1.79 bits per heavy atom. The van der Waals surface area contributed by atoms with E-state index in [0.717, 1.165) is 17.9 Å². The minimum atomic E-state index is 0.708. The van der Waals surface area contributed by atoms with Gasteiger partial charge in [0.1, 0.15) is 0 Å². The van der Waals surface area contributed by atoms with Crippen LogP contribution in [0.2, 0.25) is 0 Å². The van der Waals surface area contributed by atoms with Crippen LogP contribution in [0, 0.1) is 17.2 Å². The van der Waals surface area contributed by atoms with Crippen molar-refractivity contribution >= 4 is 0 Å². The van der Waals surface area contributed by atoms with Gasteiger partial charge >= 0.3 is 0 Å². The molecule has 0 saturated heterocycles. The zero-order valence-electron chi connectivity index (χ0n) is 11.8. The number of allylic oxidation sites excluding steroid dienone is 2. The van der Waals surface area contributed by atoms with Crippen LogP contribution in [0.3, 0.4) is 0 Å². The summed E-state index contributed by atoms with van der Waals surface area (Å²) in [4.78, 5) is 0. The fraction of sp³-hybridized carbons (Fsp3) is 0.500. The molecular weight excluding hydrogens is 230 g/mol. The first kappa shape index (κ1) is 13.9. The molecule has 1 nitrogen and oxygen atoms in total. The SMILES string of the molecule is CC/C=C/C[C@H]1CC[C@H](c2ccc(C#N)cc2)CC1. The minimum absolute atomic E-state index is 0.708. The quantitative estimate of drug-likeness (QED) is 0.677. The van der Waals surface area contributed by atoms with E-state index >= 15 is 0 Å². The number of nitrogens with zero attached hydrogens (tertiary/aromatic N) is 1. The highest BCUT2D eigenvalue weighted by Crippen LogP contribution is 2.37.